The van der Waals surface area contributed by atoms with E-state index in [-0.39, 0.29) is 17.9 Å². The topological polar surface area (TPSA) is 64.0 Å². The lowest BCUT2D eigenvalue weighted by Gasteiger charge is -2.10. The molecule has 0 saturated heterocycles. The number of nitrogens with zero attached hydrogens (tertiary/aromatic N) is 2. The molecule has 0 amide bonds. The molecule has 1 fully saturated rings. The summed E-state index contributed by atoms with van der Waals surface area (Å²) in [6.45, 7) is 2.27. The number of rotatable bonds is 7. The first-order chi connectivity index (χ1) is 11.0. The predicted molar refractivity (Wildman–Crippen MR) is 86.0 cm³/mol. The molecule has 0 atom stereocenters. The molecule has 7 heteroatoms. The van der Waals surface area contributed by atoms with Crippen LogP contribution in [0.2, 0.25) is 0 Å². The Labute approximate surface area is 135 Å². The maximum absolute atomic E-state index is 13.6. The highest BCUT2D eigenvalue weighted by Gasteiger charge is 2.27. The minimum atomic E-state index is -3.56. The molecule has 0 aliphatic heterocycles. The van der Waals surface area contributed by atoms with Gasteiger partial charge in [-0.15, -0.1) is 0 Å². The van der Waals surface area contributed by atoms with E-state index in [9.17, 15) is 12.8 Å². The summed E-state index contributed by atoms with van der Waals surface area (Å²) in [6, 6.07) is 6.43. The van der Waals surface area contributed by atoms with Crippen LogP contribution in [0.25, 0.3) is 0 Å². The summed E-state index contributed by atoms with van der Waals surface area (Å²) < 4.78 is 42.4. The molecule has 1 aliphatic rings. The van der Waals surface area contributed by atoms with Crippen LogP contribution in [0.3, 0.4) is 0 Å². The van der Waals surface area contributed by atoms with Crippen molar-refractivity contribution in [2.75, 3.05) is 6.54 Å². The van der Waals surface area contributed by atoms with Crippen LogP contribution >= 0.6 is 0 Å². The van der Waals surface area contributed by atoms with Gasteiger partial charge < -0.3 is 4.57 Å². The summed E-state index contributed by atoms with van der Waals surface area (Å²) in [5.74, 6) is 0.0480. The predicted octanol–water partition coefficient (Wildman–Crippen LogP) is 2.33. The molecule has 124 valence electrons. The van der Waals surface area contributed by atoms with E-state index in [2.05, 4.69) is 14.3 Å². The maximum Gasteiger partial charge on any atom is 0.215 e. The lowest BCUT2D eigenvalue weighted by Crippen LogP contribution is -2.28. The summed E-state index contributed by atoms with van der Waals surface area (Å²) in [6.07, 6.45) is 4.66. The molecule has 1 N–H and O–H groups in total. The number of sulfonamides is 1. The van der Waals surface area contributed by atoms with Gasteiger partial charge in [0.1, 0.15) is 11.6 Å². The Balaban J connectivity index is 1.59. The molecule has 2 aromatic rings. The van der Waals surface area contributed by atoms with Crippen molar-refractivity contribution in [3.63, 3.8) is 0 Å². The van der Waals surface area contributed by atoms with Crippen molar-refractivity contribution in [2.45, 2.75) is 38.0 Å². The van der Waals surface area contributed by atoms with Crippen molar-refractivity contribution >= 4 is 10.0 Å². The van der Waals surface area contributed by atoms with Gasteiger partial charge in [0.2, 0.25) is 10.0 Å². The number of hydrogen-bond acceptors (Lipinski definition) is 3. The number of halogens is 1. The summed E-state index contributed by atoms with van der Waals surface area (Å²) in [5.41, 5.74) is 1.28. The summed E-state index contributed by atoms with van der Waals surface area (Å²) in [4.78, 5) is 4.36. The molecule has 1 aromatic carbocycles. The van der Waals surface area contributed by atoms with Crippen molar-refractivity contribution in [3.8, 4) is 0 Å². The van der Waals surface area contributed by atoms with Crippen molar-refractivity contribution in [1.82, 2.24) is 14.3 Å². The van der Waals surface area contributed by atoms with Crippen LogP contribution in [-0.2, 0) is 22.2 Å². The molecule has 0 radical (unpaired) electrons. The minimum absolute atomic E-state index is 0.176. The third-order valence-electron chi connectivity index (χ3n) is 3.94. The third-order valence-corrected chi connectivity index (χ3v) is 5.28. The highest BCUT2D eigenvalue weighted by atomic mass is 32.2. The van der Waals surface area contributed by atoms with E-state index in [0.717, 1.165) is 24.4 Å². The van der Waals surface area contributed by atoms with Gasteiger partial charge in [0, 0.05) is 36.5 Å². The Morgan fingerprint density at radius 2 is 2.09 bits per heavy atom. The van der Waals surface area contributed by atoms with Crippen molar-refractivity contribution < 1.29 is 12.8 Å². The third kappa shape index (κ3) is 3.97. The van der Waals surface area contributed by atoms with Gasteiger partial charge in [0.25, 0.3) is 0 Å². The molecule has 1 aromatic heterocycles. The quantitative estimate of drug-likeness (QED) is 0.843. The Morgan fingerprint density at radius 1 is 1.35 bits per heavy atom. The summed E-state index contributed by atoms with van der Waals surface area (Å²) in [5, 5.41) is 0. The normalized spacial score (nSPS) is 15.0. The van der Waals surface area contributed by atoms with Gasteiger partial charge in [-0.25, -0.2) is 22.5 Å². The van der Waals surface area contributed by atoms with Gasteiger partial charge in [-0.2, -0.15) is 0 Å². The first-order valence-corrected chi connectivity index (χ1v) is 9.35. The number of benzene rings is 1. The van der Waals surface area contributed by atoms with Crippen molar-refractivity contribution in [1.29, 1.82) is 0 Å². The first kappa shape index (κ1) is 16.1. The summed E-state index contributed by atoms with van der Waals surface area (Å²) in [7, 11) is -3.56. The van der Waals surface area contributed by atoms with Crippen molar-refractivity contribution in [2.24, 2.45) is 0 Å². The van der Waals surface area contributed by atoms with Crippen LogP contribution < -0.4 is 4.72 Å². The van der Waals surface area contributed by atoms with Crippen LogP contribution in [-0.4, -0.2) is 24.5 Å². The smallest absolute Gasteiger partial charge is 0.215 e. The average molecular weight is 337 g/mol. The fourth-order valence-corrected chi connectivity index (χ4v) is 3.86. The molecule has 5 nitrogen and oxygen atoms in total. The molecule has 0 spiro atoms. The summed E-state index contributed by atoms with van der Waals surface area (Å²) >= 11 is 0. The van der Waals surface area contributed by atoms with Crippen LogP contribution in [0.5, 0.6) is 0 Å². The highest BCUT2D eigenvalue weighted by Crippen LogP contribution is 2.36. The zero-order valence-electron chi connectivity index (χ0n) is 13.0. The minimum Gasteiger partial charge on any atom is -0.329 e. The zero-order chi connectivity index (χ0) is 16.4. The van der Waals surface area contributed by atoms with Gasteiger partial charge in [-0.3, -0.25) is 0 Å². The van der Waals surface area contributed by atoms with E-state index in [0.29, 0.717) is 12.5 Å². The fourth-order valence-electron chi connectivity index (χ4n) is 2.70. The lowest BCUT2D eigenvalue weighted by molar-refractivity contribution is 0.572. The molecular weight excluding hydrogens is 317 g/mol. The molecule has 1 heterocycles. The van der Waals surface area contributed by atoms with E-state index in [1.807, 2.05) is 13.1 Å². The number of hydrogen-bond donors (Lipinski definition) is 1. The number of aromatic nitrogens is 2. The van der Waals surface area contributed by atoms with E-state index >= 15 is 0 Å². The standard InChI is InChI=1S/C16H20FN3O2S/c1-12-10-18-16(20(12)14-6-7-14)8-9-19-23(21,22)11-13-4-2-3-5-15(13)17/h2-5,10,14,19H,6-9,11H2,1H3. The molecule has 23 heavy (non-hydrogen) atoms. The van der Waals surface area contributed by atoms with Crippen LogP contribution in [0.1, 0.15) is 36.0 Å². The second-order valence-corrected chi connectivity index (χ2v) is 7.72. The second-order valence-electron chi connectivity index (χ2n) is 5.91. The molecular formula is C16H20FN3O2S. The van der Waals surface area contributed by atoms with Gasteiger partial charge in [0.15, 0.2) is 0 Å². The first-order valence-electron chi connectivity index (χ1n) is 7.70. The highest BCUT2D eigenvalue weighted by molar-refractivity contribution is 7.88. The Bertz CT molecular complexity index is 797. The SMILES string of the molecule is Cc1cnc(CCNS(=O)(=O)Cc2ccccc2F)n1C1CC1. The van der Waals surface area contributed by atoms with Gasteiger partial charge in [0.05, 0.1) is 5.75 Å². The molecule has 1 saturated carbocycles. The van der Waals surface area contributed by atoms with E-state index in [1.165, 1.54) is 12.1 Å². The van der Waals surface area contributed by atoms with Crippen molar-refractivity contribution in [3.05, 3.63) is 53.4 Å². The monoisotopic (exact) mass is 337 g/mol. The molecule has 3 rings (SSSR count). The number of imidazole rings is 1. The van der Waals surface area contributed by atoms with Crippen LogP contribution in [0, 0.1) is 12.7 Å². The zero-order valence-corrected chi connectivity index (χ0v) is 13.8. The van der Waals surface area contributed by atoms with Gasteiger partial charge in [-0.05, 0) is 25.8 Å². The molecule has 1 aliphatic carbocycles. The molecule has 0 bridgehead atoms. The van der Waals surface area contributed by atoms with E-state index < -0.39 is 15.8 Å². The maximum atomic E-state index is 13.6. The van der Waals surface area contributed by atoms with Crippen LogP contribution in [0.4, 0.5) is 4.39 Å². The molecule has 0 unspecified atom stereocenters. The lowest BCUT2D eigenvalue weighted by atomic mass is 10.2. The second kappa shape index (κ2) is 6.41. The van der Waals surface area contributed by atoms with E-state index in [4.69, 9.17) is 0 Å². The Morgan fingerprint density at radius 3 is 2.78 bits per heavy atom. The van der Waals surface area contributed by atoms with Crippen LogP contribution in [0.15, 0.2) is 30.5 Å². The fraction of sp³-hybridized carbons (Fsp3) is 0.438. The van der Waals surface area contributed by atoms with E-state index in [1.54, 1.807) is 12.1 Å². The number of nitrogens with one attached hydrogen (secondary N) is 1. The largest absolute Gasteiger partial charge is 0.329 e. The van der Waals surface area contributed by atoms with Gasteiger partial charge >= 0.3 is 0 Å². The number of aryl methyl sites for hydroxylation is 1. The Kier molecular flexibility index (Phi) is 4.50. The Hall–Kier alpha value is -1.73. The average Bonchev–Trinajstić information content (AvgIpc) is 3.25. The van der Waals surface area contributed by atoms with Gasteiger partial charge in [-0.1, -0.05) is 18.2 Å².